The van der Waals surface area contributed by atoms with Gasteiger partial charge in [-0.3, -0.25) is 0 Å². The van der Waals surface area contributed by atoms with Gasteiger partial charge in [0.15, 0.2) is 0 Å². The number of hydrogen-bond donors (Lipinski definition) is 5. The molecule has 0 aliphatic heterocycles. The van der Waals surface area contributed by atoms with Gasteiger partial charge in [0.1, 0.15) is 0 Å². The van der Waals surface area contributed by atoms with E-state index in [-0.39, 0.29) is 33.0 Å². The van der Waals surface area contributed by atoms with E-state index in [1.807, 2.05) is 6.92 Å². The van der Waals surface area contributed by atoms with Gasteiger partial charge in [-0.1, -0.05) is 25.8 Å². The molecule has 0 fully saturated rings. The topological polar surface area (TPSA) is 160 Å². The zero-order valence-corrected chi connectivity index (χ0v) is 17.8. The summed E-state index contributed by atoms with van der Waals surface area (Å²) in [5.74, 6) is 0. The summed E-state index contributed by atoms with van der Waals surface area (Å²) >= 11 is 0. The lowest BCUT2D eigenvalue weighted by Gasteiger charge is -2.24. The standard InChI is InChI=1S/C9H6N2O2.C6H14O3.C6H14O2/c1-7-8(10-5-12)3-2-4-9(7)11-6-13;1-2-6(3-7,4-8)5-9;7-5-3-1-2-4-6-8/h2-4H,1H3;7-9H,2-5H2,1H3;7-8H,1-6H2. The highest BCUT2D eigenvalue weighted by molar-refractivity contribution is 5.64. The molecule has 9 heteroatoms. The summed E-state index contributed by atoms with van der Waals surface area (Å²) in [6, 6.07) is 4.94. The van der Waals surface area contributed by atoms with Crippen molar-refractivity contribution >= 4 is 23.5 Å². The van der Waals surface area contributed by atoms with Crippen LogP contribution in [0.25, 0.3) is 0 Å². The zero-order valence-electron chi connectivity index (χ0n) is 17.8. The predicted octanol–water partition coefficient (Wildman–Crippen LogP) is 1.82. The van der Waals surface area contributed by atoms with Crippen molar-refractivity contribution in [1.82, 2.24) is 0 Å². The van der Waals surface area contributed by atoms with Crippen LogP contribution in [-0.4, -0.2) is 70.7 Å². The molecule has 0 heterocycles. The molecule has 0 unspecified atom stereocenters. The fourth-order valence-electron chi connectivity index (χ4n) is 2.01. The molecule has 0 radical (unpaired) electrons. The number of aliphatic hydroxyl groups excluding tert-OH is 5. The molecular formula is C21H34N2O7. The van der Waals surface area contributed by atoms with Crippen molar-refractivity contribution in [1.29, 1.82) is 0 Å². The molecule has 0 spiro atoms. The Morgan fingerprint density at radius 3 is 1.43 bits per heavy atom. The number of hydrogen-bond acceptors (Lipinski definition) is 9. The maximum Gasteiger partial charge on any atom is 0.240 e. The molecule has 170 valence electrons. The Hall–Kier alpha value is -2.22. The van der Waals surface area contributed by atoms with Crippen LogP contribution in [0.15, 0.2) is 28.2 Å². The molecule has 0 bridgehead atoms. The Morgan fingerprint density at radius 1 is 0.800 bits per heavy atom. The summed E-state index contributed by atoms with van der Waals surface area (Å²) in [6.07, 6.45) is 7.28. The normalized spacial score (nSPS) is 9.83. The Kier molecular flexibility index (Phi) is 20.1. The minimum atomic E-state index is -0.667. The molecule has 1 aromatic carbocycles. The van der Waals surface area contributed by atoms with Crippen LogP contribution >= 0.6 is 0 Å². The van der Waals surface area contributed by atoms with Gasteiger partial charge in [-0.25, -0.2) is 9.59 Å². The van der Waals surface area contributed by atoms with Gasteiger partial charge in [0.2, 0.25) is 12.2 Å². The molecule has 30 heavy (non-hydrogen) atoms. The lowest BCUT2D eigenvalue weighted by atomic mass is 9.88. The van der Waals surface area contributed by atoms with E-state index in [1.54, 1.807) is 25.1 Å². The smallest absolute Gasteiger partial charge is 0.240 e. The molecule has 0 aromatic heterocycles. The first kappa shape index (κ1) is 30.0. The van der Waals surface area contributed by atoms with E-state index in [9.17, 15) is 9.59 Å². The van der Waals surface area contributed by atoms with Crippen molar-refractivity contribution in [3.8, 4) is 0 Å². The molecule has 0 saturated carbocycles. The fraction of sp³-hybridized carbons (Fsp3) is 0.619. The number of rotatable bonds is 11. The summed E-state index contributed by atoms with van der Waals surface area (Å²) < 4.78 is 0. The van der Waals surface area contributed by atoms with Crippen molar-refractivity contribution < 1.29 is 35.1 Å². The third kappa shape index (κ3) is 13.1. The Morgan fingerprint density at radius 2 is 1.20 bits per heavy atom. The highest BCUT2D eigenvalue weighted by atomic mass is 16.3. The minimum absolute atomic E-state index is 0.156. The maximum absolute atomic E-state index is 10.00. The van der Waals surface area contributed by atoms with Crippen molar-refractivity contribution in [3.63, 3.8) is 0 Å². The van der Waals surface area contributed by atoms with E-state index in [2.05, 4.69) is 9.98 Å². The van der Waals surface area contributed by atoms with Gasteiger partial charge in [-0.2, -0.15) is 9.98 Å². The van der Waals surface area contributed by atoms with Gasteiger partial charge in [-0.05, 0) is 38.3 Å². The number of isocyanates is 2. The first-order valence-corrected chi connectivity index (χ1v) is 9.75. The number of unbranched alkanes of at least 4 members (excludes halogenated alkanes) is 3. The van der Waals surface area contributed by atoms with Gasteiger partial charge in [-0.15, -0.1) is 0 Å². The average molecular weight is 427 g/mol. The predicted molar refractivity (Wildman–Crippen MR) is 113 cm³/mol. The van der Waals surface area contributed by atoms with Gasteiger partial charge >= 0.3 is 0 Å². The SMILES string of the molecule is CCC(CO)(CO)CO.Cc1c(N=C=O)cccc1N=C=O.OCCCCCCO. The number of aliphatic imine (C=N–C) groups is 2. The third-order valence-electron chi connectivity index (χ3n) is 4.43. The van der Waals surface area contributed by atoms with Gasteiger partial charge in [0.05, 0.1) is 31.2 Å². The summed E-state index contributed by atoms with van der Waals surface area (Å²) in [4.78, 5) is 26.9. The molecule has 0 amide bonds. The van der Waals surface area contributed by atoms with E-state index in [1.165, 1.54) is 12.2 Å². The Bertz CT molecular complexity index is 591. The van der Waals surface area contributed by atoms with E-state index in [4.69, 9.17) is 25.5 Å². The average Bonchev–Trinajstić information content (AvgIpc) is 2.77. The van der Waals surface area contributed by atoms with Gasteiger partial charge < -0.3 is 25.5 Å². The molecule has 0 aliphatic carbocycles. The molecule has 1 aromatic rings. The highest BCUT2D eigenvalue weighted by Crippen LogP contribution is 2.26. The van der Waals surface area contributed by atoms with Crippen molar-refractivity contribution in [2.24, 2.45) is 15.4 Å². The second kappa shape index (κ2) is 20.1. The Balaban J connectivity index is 0. The zero-order chi connectivity index (χ0) is 23.3. The minimum Gasteiger partial charge on any atom is -0.396 e. The summed E-state index contributed by atoms with van der Waals surface area (Å²) in [5.41, 5.74) is 0.923. The van der Waals surface area contributed by atoms with E-state index >= 15 is 0 Å². The van der Waals surface area contributed by atoms with Crippen LogP contribution in [0, 0.1) is 12.3 Å². The van der Waals surface area contributed by atoms with Crippen LogP contribution in [0.3, 0.4) is 0 Å². The van der Waals surface area contributed by atoms with Crippen molar-refractivity contribution in [2.75, 3.05) is 33.0 Å². The monoisotopic (exact) mass is 426 g/mol. The lowest BCUT2D eigenvalue weighted by Crippen LogP contribution is -2.32. The first-order chi connectivity index (χ1) is 14.4. The highest BCUT2D eigenvalue weighted by Gasteiger charge is 2.24. The van der Waals surface area contributed by atoms with Crippen molar-refractivity contribution in [2.45, 2.75) is 46.0 Å². The van der Waals surface area contributed by atoms with Crippen LogP contribution in [0.1, 0.15) is 44.6 Å². The molecule has 1 rings (SSSR count). The van der Waals surface area contributed by atoms with Gasteiger partial charge in [0.25, 0.3) is 0 Å². The number of benzene rings is 1. The van der Waals surface area contributed by atoms with Crippen LogP contribution < -0.4 is 0 Å². The number of aliphatic hydroxyl groups is 5. The fourth-order valence-corrected chi connectivity index (χ4v) is 2.01. The van der Waals surface area contributed by atoms with Crippen LogP contribution in [0.5, 0.6) is 0 Å². The lowest BCUT2D eigenvalue weighted by molar-refractivity contribution is 0.00304. The quantitative estimate of drug-likeness (QED) is 0.205. The van der Waals surface area contributed by atoms with E-state index in [0.717, 1.165) is 25.7 Å². The van der Waals surface area contributed by atoms with Crippen LogP contribution in [0.4, 0.5) is 11.4 Å². The molecular weight excluding hydrogens is 392 g/mol. The third-order valence-corrected chi connectivity index (χ3v) is 4.43. The van der Waals surface area contributed by atoms with E-state index in [0.29, 0.717) is 23.4 Å². The molecule has 0 aliphatic rings. The summed E-state index contributed by atoms with van der Waals surface area (Å²) in [7, 11) is 0. The second-order valence-electron chi connectivity index (χ2n) is 6.52. The largest absolute Gasteiger partial charge is 0.396 e. The van der Waals surface area contributed by atoms with Crippen LogP contribution in [-0.2, 0) is 9.59 Å². The summed E-state index contributed by atoms with van der Waals surface area (Å²) in [6.45, 7) is 3.63. The van der Waals surface area contributed by atoms with Crippen LogP contribution in [0.2, 0.25) is 0 Å². The molecule has 5 N–H and O–H groups in total. The molecule has 0 atom stereocenters. The number of carbonyl (C=O) groups excluding carboxylic acids is 2. The Labute approximate surface area is 177 Å². The van der Waals surface area contributed by atoms with E-state index < -0.39 is 5.41 Å². The number of nitrogens with zero attached hydrogens (tertiary/aromatic N) is 2. The molecule has 9 nitrogen and oxygen atoms in total. The molecule has 0 saturated heterocycles. The second-order valence-corrected chi connectivity index (χ2v) is 6.52. The van der Waals surface area contributed by atoms with Crippen molar-refractivity contribution in [3.05, 3.63) is 23.8 Å². The maximum atomic E-state index is 10.00. The first-order valence-electron chi connectivity index (χ1n) is 9.75. The summed E-state index contributed by atoms with van der Waals surface area (Å²) in [5, 5.41) is 42.6. The van der Waals surface area contributed by atoms with Gasteiger partial charge in [0, 0.05) is 24.2 Å².